The van der Waals surface area contributed by atoms with Crippen LogP contribution in [0, 0.1) is 10.5 Å². The molecule has 0 unspecified atom stereocenters. The van der Waals surface area contributed by atoms with Crippen molar-refractivity contribution in [1.29, 1.82) is 0 Å². The lowest BCUT2D eigenvalue weighted by molar-refractivity contribution is 0.411. The Labute approximate surface area is 99.4 Å². The van der Waals surface area contributed by atoms with Crippen molar-refractivity contribution in [2.24, 2.45) is 0 Å². The van der Waals surface area contributed by atoms with Gasteiger partial charge in [-0.1, -0.05) is 12.5 Å². The van der Waals surface area contributed by atoms with Crippen LogP contribution in [0.3, 0.4) is 0 Å². The van der Waals surface area contributed by atoms with Crippen molar-refractivity contribution >= 4 is 22.6 Å². The zero-order valence-electron chi connectivity index (χ0n) is 8.52. The molecule has 0 radical (unpaired) electrons. The van der Waals surface area contributed by atoms with E-state index in [0.717, 1.165) is 0 Å². The molecule has 0 amide bonds. The van der Waals surface area contributed by atoms with Gasteiger partial charge in [0.05, 0.1) is 0 Å². The van der Waals surface area contributed by atoms with Gasteiger partial charge in [-0.15, -0.1) is 0 Å². The zero-order valence-corrected chi connectivity index (χ0v) is 10.7. The van der Waals surface area contributed by atoms with Crippen molar-refractivity contribution in [2.45, 2.75) is 32.2 Å². The molecule has 1 aliphatic rings. The third-order valence-electron chi connectivity index (χ3n) is 2.93. The summed E-state index contributed by atoms with van der Waals surface area (Å²) in [6, 6.07) is 7.33. The second kappa shape index (κ2) is 4.62. The molecule has 1 N–H and O–H groups in total. The topological polar surface area (TPSA) is 12.0 Å². The quantitative estimate of drug-likeness (QED) is 0.784. The zero-order chi connectivity index (χ0) is 9.97. The fourth-order valence-corrected chi connectivity index (χ4v) is 2.62. The second-order valence-electron chi connectivity index (χ2n) is 4.00. The van der Waals surface area contributed by atoms with Gasteiger partial charge in [-0.05, 0) is 72.2 Å². The molecule has 1 aromatic carbocycles. The molecule has 0 bridgehead atoms. The van der Waals surface area contributed by atoms with Crippen LogP contribution in [-0.2, 0) is 0 Å². The van der Waals surface area contributed by atoms with Crippen molar-refractivity contribution in [2.75, 3.05) is 6.54 Å². The molecule has 2 rings (SSSR count). The van der Waals surface area contributed by atoms with Crippen LogP contribution in [0.4, 0.5) is 0 Å². The summed E-state index contributed by atoms with van der Waals surface area (Å²) < 4.78 is 1.34. The van der Waals surface area contributed by atoms with Crippen LogP contribution in [-0.4, -0.2) is 6.54 Å². The van der Waals surface area contributed by atoms with Gasteiger partial charge in [0, 0.05) is 9.61 Å². The summed E-state index contributed by atoms with van der Waals surface area (Å²) in [7, 11) is 0. The first kappa shape index (κ1) is 10.4. The first-order valence-electron chi connectivity index (χ1n) is 5.27. The van der Waals surface area contributed by atoms with Crippen molar-refractivity contribution in [3.63, 3.8) is 0 Å². The molecule has 76 valence electrons. The summed E-state index contributed by atoms with van der Waals surface area (Å²) in [6.07, 6.45) is 3.99. The molecule has 0 spiro atoms. The predicted molar refractivity (Wildman–Crippen MR) is 68.5 cm³/mol. The fraction of sp³-hybridized carbons (Fsp3) is 0.500. The fourth-order valence-electron chi connectivity index (χ4n) is 2.10. The molecule has 14 heavy (non-hydrogen) atoms. The number of rotatable bonds is 1. The number of halogens is 1. The molecule has 1 nitrogen and oxygen atoms in total. The minimum absolute atomic E-state index is 0.596. The Kier molecular flexibility index (Phi) is 3.44. The molecular weight excluding hydrogens is 285 g/mol. The number of aryl methyl sites for hydroxylation is 1. The van der Waals surface area contributed by atoms with Crippen molar-refractivity contribution in [1.82, 2.24) is 5.32 Å². The number of nitrogens with one attached hydrogen (secondary N) is 1. The van der Waals surface area contributed by atoms with Crippen LogP contribution in [0.15, 0.2) is 18.2 Å². The lowest BCUT2D eigenvalue weighted by Gasteiger charge is -2.25. The highest BCUT2D eigenvalue weighted by molar-refractivity contribution is 14.1. The van der Waals surface area contributed by atoms with Crippen LogP contribution in [0.2, 0.25) is 0 Å². The minimum atomic E-state index is 0.596. The van der Waals surface area contributed by atoms with Crippen molar-refractivity contribution < 1.29 is 0 Å². The van der Waals surface area contributed by atoms with Crippen LogP contribution in [0.25, 0.3) is 0 Å². The Morgan fingerprint density at radius 3 is 2.93 bits per heavy atom. The molecule has 0 saturated carbocycles. The van der Waals surface area contributed by atoms with Crippen molar-refractivity contribution in [3.05, 3.63) is 32.9 Å². The normalized spacial score (nSPS) is 22.3. The van der Waals surface area contributed by atoms with E-state index in [2.05, 4.69) is 53.0 Å². The monoisotopic (exact) mass is 301 g/mol. The molecular formula is C12H16IN. The second-order valence-corrected chi connectivity index (χ2v) is 5.25. The number of benzene rings is 1. The third-order valence-corrected chi connectivity index (χ3v) is 3.60. The van der Waals surface area contributed by atoms with Crippen LogP contribution in [0.1, 0.15) is 36.4 Å². The van der Waals surface area contributed by atoms with E-state index in [9.17, 15) is 0 Å². The number of hydrogen-bond donors (Lipinski definition) is 1. The van der Waals surface area contributed by atoms with Gasteiger partial charge >= 0.3 is 0 Å². The van der Waals surface area contributed by atoms with E-state index in [1.54, 1.807) is 0 Å². The maximum absolute atomic E-state index is 3.60. The highest BCUT2D eigenvalue weighted by atomic mass is 127. The Morgan fingerprint density at radius 1 is 1.36 bits per heavy atom. The van der Waals surface area contributed by atoms with E-state index in [4.69, 9.17) is 0 Å². The number of piperidine rings is 1. The molecule has 2 heteroatoms. The Bertz CT molecular complexity index is 316. The van der Waals surface area contributed by atoms with Gasteiger partial charge in [-0.25, -0.2) is 0 Å². The largest absolute Gasteiger partial charge is 0.310 e. The SMILES string of the molecule is Cc1ccc(I)cc1[C@@H]1CCCCN1. The highest BCUT2D eigenvalue weighted by Crippen LogP contribution is 2.26. The third kappa shape index (κ3) is 2.28. The molecule has 1 fully saturated rings. The van der Waals surface area contributed by atoms with Gasteiger partial charge < -0.3 is 5.32 Å². The van der Waals surface area contributed by atoms with Gasteiger partial charge in [-0.3, -0.25) is 0 Å². The summed E-state index contributed by atoms with van der Waals surface area (Å²) >= 11 is 2.39. The summed E-state index contributed by atoms with van der Waals surface area (Å²) in [5.74, 6) is 0. The van der Waals surface area contributed by atoms with Crippen LogP contribution in [0.5, 0.6) is 0 Å². The van der Waals surface area contributed by atoms with Gasteiger partial charge in [0.15, 0.2) is 0 Å². The average Bonchev–Trinajstić information content (AvgIpc) is 2.23. The van der Waals surface area contributed by atoms with Gasteiger partial charge in [0.2, 0.25) is 0 Å². The molecule has 0 aromatic heterocycles. The molecule has 0 aliphatic carbocycles. The first-order chi connectivity index (χ1) is 6.77. The van der Waals surface area contributed by atoms with E-state index in [1.165, 1.54) is 40.5 Å². The van der Waals surface area contributed by atoms with Crippen molar-refractivity contribution in [3.8, 4) is 0 Å². The van der Waals surface area contributed by atoms with E-state index in [1.807, 2.05) is 0 Å². The van der Waals surface area contributed by atoms with E-state index in [0.29, 0.717) is 6.04 Å². The standard InChI is InChI=1S/C12H16IN/c1-9-5-6-10(13)8-11(9)12-4-2-3-7-14-12/h5-6,8,12,14H,2-4,7H2,1H3/t12-/m0/s1. The lowest BCUT2D eigenvalue weighted by Crippen LogP contribution is -2.27. The molecule has 1 aliphatic heterocycles. The lowest BCUT2D eigenvalue weighted by atomic mass is 9.94. The summed E-state index contributed by atoms with van der Waals surface area (Å²) in [6.45, 7) is 3.39. The van der Waals surface area contributed by atoms with Crippen LogP contribution < -0.4 is 5.32 Å². The summed E-state index contributed by atoms with van der Waals surface area (Å²) in [5, 5.41) is 3.60. The predicted octanol–water partition coefficient (Wildman–Crippen LogP) is 3.41. The van der Waals surface area contributed by atoms with E-state index < -0.39 is 0 Å². The molecule has 1 saturated heterocycles. The maximum Gasteiger partial charge on any atom is 0.0323 e. The highest BCUT2D eigenvalue weighted by Gasteiger charge is 2.16. The Balaban J connectivity index is 2.24. The minimum Gasteiger partial charge on any atom is -0.310 e. The van der Waals surface area contributed by atoms with Crippen LogP contribution >= 0.6 is 22.6 Å². The summed E-state index contributed by atoms with van der Waals surface area (Å²) in [4.78, 5) is 0. The molecule has 1 aromatic rings. The summed E-state index contributed by atoms with van der Waals surface area (Å²) in [5.41, 5.74) is 2.92. The van der Waals surface area contributed by atoms with E-state index in [-0.39, 0.29) is 0 Å². The van der Waals surface area contributed by atoms with E-state index >= 15 is 0 Å². The molecule has 1 atom stereocenters. The maximum atomic E-state index is 3.60. The van der Waals surface area contributed by atoms with Gasteiger partial charge in [0.25, 0.3) is 0 Å². The Hall–Kier alpha value is -0.0900. The molecule has 1 heterocycles. The Morgan fingerprint density at radius 2 is 2.21 bits per heavy atom. The van der Waals surface area contributed by atoms with Gasteiger partial charge in [-0.2, -0.15) is 0 Å². The number of hydrogen-bond acceptors (Lipinski definition) is 1. The van der Waals surface area contributed by atoms with Gasteiger partial charge in [0.1, 0.15) is 0 Å². The smallest absolute Gasteiger partial charge is 0.0323 e. The average molecular weight is 301 g/mol. The first-order valence-corrected chi connectivity index (χ1v) is 6.34.